The predicted octanol–water partition coefficient (Wildman–Crippen LogP) is 6.80. The van der Waals surface area contributed by atoms with Crippen LogP contribution in [0.1, 0.15) is 41.9 Å². The number of fused-ring (bicyclic) bond motifs is 1. The standard InChI is InChI=1S/C30H27N8O2S/c1-19-34-36-38(35-19)28(20-5-3-2-4-6-20)21-10-13-37(14-11-21)30(39)26-16-23(9-12-31-26)29-33-25-15-22(7-8-27(25)40-29)24-17-32-41-18-24/h2-9,12,15-19,21,28H,10-11,13-14H2,1H3/q+1. The van der Waals surface area contributed by atoms with Crippen molar-refractivity contribution < 1.29 is 14.0 Å². The summed E-state index contributed by atoms with van der Waals surface area (Å²) in [5, 5.41) is 15.1. The van der Waals surface area contributed by atoms with Crippen molar-refractivity contribution >= 4 is 28.5 Å². The van der Waals surface area contributed by atoms with Crippen LogP contribution in [0.2, 0.25) is 0 Å². The maximum absolute atomic E-state index is 13.5. The van der Waals surface area contributed by atoms with Gasteiger partial charge in [0.15, 0.2) is 16.8 Å². The quantitative estimate of drug-likeness (QED) is 0.211. The fourth-order valence-corrected chi connectivity index (χ4v) is 6.10. The molecule has 1 amide bonds. The van der Waals surface area contributed by atoms with Gasteiger partial charge in [0.1, 0.15) is 11.2 Å². The van der Waals surface area contributed by atoms with E-state index in [0.29, 0.717) is 35.8 Å². The highest BCUT2D eigenvalue weighted by Crippen LogP contribution is 2.36. The molecule has 41 heavy (non-hydrogen) atoms. The summed E-state index contributed by atoms with van der Waals surface area (Å²) in [6.07, 6.45) is 4.95. The summed E-state index contributed by atoms with van der Waals surface area (Å²) in [6, 6.07) is 19.8. The molecular formula is C30H27N8O2S+. The van der Waals surface area contributed by atoms with Crippen LogP contribution in [0.3, 0.4) is 0 Å². The smallest absolute Gasteiger partial charge is 0.292 e. The summed E-state index contributed by atoms with van der Waals surface area (Å²) in [5.41, 5.74) is 5.77. The molecule has 7 rings (SSSR count). The Labute approximate surface area is 240 Å². The van der Waals surface area contributed by atoms with Crippen molar-refractivity contribution in [2.45, 2.75) is 32.0 Å². The normalized spacial score (nSPS) is 18.1. The second kappa shape index (κ2) is 10.7. The van der Waals surface area contributed by atoms with Gasteiger partial charge in [-0.3, -0.25) is 9.78 Å². The van der Waals surface area contributed by atoms with Gasteiger partial charge in [-0.1, -0.05) is 36.4 Å². The Hall–Kier alpha value is -4.64. The van der Waals surface area contributed by atoms with E-state index < -0.39 is 0 Å². The van der Waals surface area contributed by atoms with Crippen molar-refractivity contribution in [2.24, 2.45) is 21.4 Å². The number of nitrogens with zero attached hydrogens (tertiary/aromatic N) is 8. The Kier molecular flexibility index (Phi) is 6.63. The zero-order valence-corrected chi connectivity index (χ0v) is 23.2. The van der Waals surface area contributed by atoms with Crippen molar-refractivity contribution in [1.29, 1.82) is 0 Å². The van der Waals surface area contributed by atoms with Gasteiger partial charge >= 0.3 is 0 Å². The number of oxazole rings is 1. The summed E-state index contributed by atoms with van der Waals surface area (Å²) in [7, 11) is 0. The van der Waals surface area contributed by atoms with Crippen LogP contribution < -0.4 is 0 Å². The topological polar surface area (TPSA) is 112 Å². The first-order chi connectivity index (χ1) is 20.1. The highest BCUT2D eigenvalue weighted by Gasteiger charge is 2.38. The summed E-state index contributed by atoms with van der Waals surface area (Å²) < 4.78 is 10.2. The van der Waals surface area contributed by atoms with Gasteiger partial charge < -0.3 is 9.32 Å². The van der Waals surface area contributed by atoms with Crippen molar-refractivity contribution in [3.63, 3.8) is 0 Å². The van der Waals surface area contributed by atoms with Crippen LogP contribution in [-0.4, -0.2) is 49.2 Å². The zero-order chi connectivity index (χ0) is 27.8. The molecule has 0 bridgehead atoms. The summed E-state index contributed by atoms with van der Waals surface area (Å²) in [4.78, 5) is 26.3. The lowest BCUT2D eigenvalue weighted by Gasteiger charge is -2.34. The van der Waals surface area contributed by atoms with E-state index in [1.54, 1.807) is 17.1 Å². The second-order valence-corrected chi connectivity index (χ2v) is 11.0. The first-order valence-electron chi connectivity index (χ1n) is 13.6. The maximum Gasteiger partial charge on any atom is 0.292 e. The van der Waals surface area contributed by atoms with Gasteiger partial charge in [-0.15, -0.1) is 0 Å². The van der Waals surface area contributed by atoms with Crippen LogP contribution in [0.5, 0.6) is 0 Å². The fourth-order valence-electron chi connectivity index (χ4n) is 5.56. The van der Waals surface area contributed by atoms with Crippen LogP contribution >= 0.6 is 11.5 Å². The van der Waals surface area contributed by atoms with E-state index in [0.717, 1.165) is 35.0 Å². The number of amides is 1. The highest BCUT2D eigenvalue weighted by molar-refractivity contribution is 7.03. The number of pyridine rings is 1. The average molecular weight is 564 g/mol. The minimum absolute atomic E-state index is 0.0146. The van der Waals surface area contributed by atoms with Crippen molar-refractivity contribution in [1.82, 2.24) is 19.2 Å². The number of carbonyl (C=O) groups excluding carboxylic acids is 1. The number of rotatable bonds is 6. The van der Waals surface area contributed by atoms with Crippen LogP contribution in [0.15, 0.2) is 98.3 Å². The number of azo groups is 1. The molecule has 2 aliphatic heterocycles. The van der Waals surface area contributed by atoms with E-state index >= 15 is 0 Å². The fraction of sp³-hybridized carbons (Fsp3) is 0.267. The Morgan fingerprint density at radius 1 is 1.05 bits per heavy atom. The van der Waals surface area contributed by atoms with E-state index in [4.69, 9.17) is 9.40 Å². The SMILES string of the molecule is CC1N=N[N+](C(c2ccccc2)C2CCN(C(=O)c3cc(-c4nc5cc(-c6cnsc6)ccc5o4)ccn3)CC2)=N1. The van der Waals surface area contributed by atoms with E-state index in [2.05, 4.69) is 36.9 Å². The lowest BCUT2D eigenvalue weighted by molar-refractivity contribution is -0.647. The van der Waals surface area contributed by atoms with E-state index in [1.165, 1.54) is 11.5 Å². The third-order valence-corrected chi connectivity index (χ3v) is 8.22. The van der Waals surface area contributed by atoms with Gasteiger partial charge in [-0.2, -0.15) is 0 Å². The predicted molar refractivity (Wildman–Crippen MR) is 153 cm³/mol. The van der Waals surface area contributed by atoms with Crippen molar-refractivity contribution in [3.8, 4) is 22.6 Å². The van der Waals surface area contributed by atoms with Crippen LogP contribution in [0.25, 0.3) is 33.7 Å². The first kappa shape index (κ1) is 25.3. The molecule has 2 aliphatic rings. The third-order valence-electron chi connectivity index (χ3n) is 7.64. The van der Waals surface area contributed by atoms with E-state index in [9.17, 15) is 4.79 Å². The van der Waals surface area contributed by atoms with Gasteiger partial charge in [0, 0.05) is 60.4 Å². The summed E-state index contributed by atoms with van der Waals surface area (Å²) in [5.74, 6) is 0.645. The van der Waals surface area contributed by atoms with Crippen LogP contribution in [-0.2, 0) is 0 Å². The number of hydrogen-bond donors (Lipinski definition) is 0. The number of benzene rings is 2. The number of carbonyl (C=O) groups is 1. The molecule has 204 valence electrons. The van der Waals surface area contributed by atoms with Gasteiger partial charge in [-0.25, -0.2) is 9.36 Å². The van der Waals surface area contributed by atoms with Crippen molar-refractivity contribution in [3.05, 3.63) is 89.7 Å². The average Bonchev–Trinajstić information content (AvgIpc) is 3.79. The van der Waals surface area contributed by atoms with Crippen LogP contribution in [0, 0.1) is 5.92 Å². The molecule has 0 spiro atoms. The molecule has 2 unspecified atom stereocenters. The largest absolute Gasteiger partial charge is 0.436 e. The summed E-state index contributed by atoms with van der Waals surface area (Å²) in [6.45, 7) is 3.18. The molecule has 1 fully saturated rings. The van der Waals surface area contributed by atoms with Crippen molar-refractivity contribution in [2.75, 3.05) is 13.1 Å². The second-order valence-electron chi connectivity index (χ2n) is 10.3. The monoisotopic (exact) mass is 563 g/mol. The number of likely N-dealkylation sites (tertiary alicyclic amines) is 1. The molecular weight excluding hydrogens is 536 g/mol. The molecule has 3 aromatic heterocycles. The van der Waals surface area contributed by atoms with Gasteiger partial charge in [-0.05, 0) is 64.1 Å². The van der Waals surface area contributed by atoms with Crippen LogP contribution in [0.4, 0.5) is 0 Å². The Balaban J connectivity index is 1.08. The van der Waals surface area contributed by atoms with Gasteiger partial charge in [0.25, 0.3) is 12.1 Å². The lowest BCUT2D eigenvalue weighted by atomic mass is 9.85. The Morgan fingerprint density at radius 3 is 2.66 bits per heavy atom. The molecule has 11 heteroatoms. The van der Waals surface area contributed by atoms with E-state index in [1.807, 2.05) is 65.9 Å². The Bertz CT molecular complexity index is 1760. The summed E-state index contributed by atoms with van der Waals surface area (Å²) >= 11 is 1.41. The Morgan fingerprint density at radius 2 is 1.90 bits per heavy atom. The molecule has 2 atom stereocenters. The van der Waals surface area contributed by atoms with Gasteiger partial charge in [0.05, 0.1) is 5.11 Å². The molecule has 10 nitrogen and oxygen atoms in total. The number of aromatic nitrogens is 3. The lowest BCUT2D eigenvalue weighted by Crippen LogP contribution is -2.41. The molecule has 5 aromatic rings. The number of hydrogen-bond acceptors (Lipinski definition) is 9. The number of piperidine rings is 1. The third kappa shape index (κ3) is 5.04. The van der Waals surface area contributed by atoms with Gasteiger partial charge in [0.2, 0.25) is 5.89 Å². The minimum atomic E-state index is -0.178. The molecule has 0 N–H and O–H groups in total. The van der Waals surface area contributed by atoms with E-state index in [-0.39, 0.29) is 24.0 Å². The zero-order valence-electron chi connectivity index (χ0n) is 22.4. The maximum atomic E-state index is 13.5. The highest BCUT2D eigenvalue weighted by atomic mass is 32.1. The molecule has 0 radical (unpaired) electrons. The molecule has 5 heterocycles. The molecule has 0 aliphatic carbocycles. The minimum Gasteiger partial charge on any atom is -0.436 e. The molecule has 2 aromatic carbocycles. The molecule has 1 saturated heterocycles. The molecule has 0 saturated carbocycles. The first-order valence-corrected chi connectivity index (χ1v) is 14.5.